The van der Waals surface area contributed by atoms with E-state index in [0.717, 1.165) is 5.56 Å². The van der Waals surface area contributed by atoms with Crippen LogP contribution in [0.25, 0.3) is 0 Å². The maximum atomic E-state index is 11.8. The average Bonchev–Trinajstić information content (AvgIpc) is 2.28. The minimum atomic E-state index is -4.39. The molecule has 2 N–H and O–H groups in total. The van der Waals surface area contributed by atoms with E-state index in [2.05, 4.69) is 5.32 Å². The molecule has 0 saturated carbocycles. The van der Waals surface area contributed by atoms with Crippen LogP contribution in [-0.2, 0) is 11.3 Å². The molecule has 0 saturated heterocycles. The van der Waals surface area contributed by atoms with Crippen LogP contribution < -0.4 is 10.6 Å². The molecule has 0 aliphatic heterocycles. The van der Waals surface area contributed by atoms with E-state index in [1.165, 1.54) is 0 Å². The van der Waals surface area contributed by atoms with E-state index in [1.807, 2.05) is 0 Å². The van der Waals surface area contributed by atoms with Crippen molar-refractivity contribution in [2.24, 2.45) is 0 Å². The van der Waals surface area contributed by atoms with Gasteiger partial charge in [-0.25, -0.2) is 0 Å². The van der Waals surface area contributed by atoms with Gasteiger partial charge in [0.15, 0.2) is 0 Å². The lowest BCUT2D eigenvalue weighted by molar-refractivity contribution is -0.137. The van der Waals surface area contributed by atoms with Gasteiger partial charge in [0.2, 0.25) is 5.91 Å². The summed E-state index contributed by atoms with van der Waals surface area (Å²) in [5.41, 5.74) is 0.780. The zero-order valence-electron chi connectivity index (χ0n) is 9.35. The van der Waals surface area contributed by atoms with Crippen LogP contribution in [0.1, 0.15) is 5.56 Å². The molecular weight excluding hydrogens is 269 g/mol. The number of alkyl halides is 3. The van der Waals surface area contributed by atoms with Gasteiger partial charge in [0.25, 0.3) is 0 Å². The van der Waals surface area contributed by atoms with Crippen LogP contribution in [0.3, 0.4) is 0 Å². The highest BCUT2D eigenvalue weighted by Crippen LogP contribution is 2.14. The molecule has 1 aromatic carbocycles. The van der Waals surface area contributed by atoms with Crippen molar-refractivity contribution in [3.05, 3.63) is 34.9 Å². The molecule has 3 nitrogen and oxygen atoms in total. The number of carbonyl (C=O) groups is 1. The van der Waals surface area contributed by atoms with Crippen LogP contribution in [0.15, 0.2) is 24.3 Å². The van der Waals surface area contributed by atoms with Gasteiger partial charge in [-0.05, 0) is 11.6 Å². The lowest BCUT2D eigenvalue weighted by atomic mass is 10.2. The van der Waals surface area contributed by atoms with E-state index in [-0.39, 0.29) is 6.54 Å². The molecule has 1 amide bonds. The maximum Gasteiger partial charge on any atom is 0.405 e. The number of carbonyl (C=O) groups excluding carboxylic acids is 1. The highest BCUT2D eigenvalue weighted by atomic mass is 35.5. The van der Waals surface area contributed by atoms with E-state index < -0.39 is 18.6 Å². The summed E-state index contributed by atoms with van der Waals surface area (Å²) in [5.74, 6) is -0.709. The van der Waals surface area contributed by atoms with Crippen molar-refractivity contribution in [3.8, 4) is 0 Å². The molecule has 0 spiro atoms. The summed E-state index contributed by atoms with van der Waals surface area (Å²) in [7, 11) is 0. The number of rotatable bonds is 5. The Hall–Kier alpha value is -1.27. The van der Waals surface area contributed by atoms with Gasteiger partial charge < -0.3 is 10.6 Å². The van der Waals surface area contributed by atoms with Gasteiger partial charge in [-0.2, -0.15) is 13.2 Å². The molecule has 0 aliphatic rings. The van der Waals surface area contributed by atoms with Crippen LogP contribution in [0, 0.1) is 0 Å². The van der Waals surface area contributed by atoms with Gasteiger partial charge in [0.05, 0.1) is 6.54 Å². The van der Waals surface area contributed by atoms with Crippen LogP contribution in [-0.4, -0.2) is 25.2 Å². The molecule has 0 aromatic heterocycles. The Bertz CT molecular complexity index is 410. The van der Waals surface area contributed by atoms with E-state index in [0.29, 0.717) is 11.6 Å². The van der Waals surface area contributed by atoms with Gasteiger partial charge >= 0.3 is 6.18 Å². The summed E-state index contributed by atoms with van der Waals surface area (Å²) in [5, 5.41) is 5.02. The fourth-order valence-electron chi connectivity index (χ4n) is 1.21. The van der Waals surface area contributed by atoms with E-state index in [9.17, 15) is 18.0 Å². The SMILES string of the molecule is O=C(CNCc1ccccc1Cl)NCC(F)(F)F. The summed E-state index contributed by atoms with van der Waals surface area (Å²) in [4.78, 5) is 11.1. The Balaban J connectivity index is 2.26. The van der Waals surface area contributed by atoms with E-state index in [1.54, 1.807) is 29.6 Å². The highest BCUT2D eigenvalue weighted by molar-refractivity contribution is 6.31. The molecule has 0 unspecified atom stereocenters. The Kier molecular flexibility index (Phi) is 5.43. The molecular formula is C11H12ClF3N2O. The smallest absolute Gasteiger partial charge is 0.346 e. The van der Waals surface area contributed by atoms with E-state index >= 15 is 0 Å². The van der Waals surface area contributed by atoms with Crippen molar-refractivity contribution in [2.45, 2.75) is 12.7 Å². The second-order valence-electron chi connectivity index (χ2n) is 3.59. The molecule has 7 heteroatoms. The van der Waals surface area contributed by atoms with Crippen molar-refractivity contribution < 1.29 is 18.0 Å². The third kappa shape index (κ3) is 5.88. The van der Waals surface area contributed by atoms with Crippen LogP contribution in [0.4, 0.5) is 13.2 Å². The number of halogens is 4. The molecule has 0 aliphatic carbocycles. The van der Waals surface area contributed by atoms with Crippen molar-refractivity contribution in [1.82, 2.24) is 10.6 Å². The van der Waals surface area contributed by atoms with Gasteiger partial charge in [-0.3, -0.25) is 4.79 Å². The molecule has 100 valence electrons. The maximum absolute atomic E-state index is 11.8. The van der Waals surface area contributed by atoms with Crippen LogP contribution in [0.2, 0.25) is 5.02 Å². The Morgan fingerprint density at radius 2 is 1.94 bits per heavy atom. The third-order valence-corrected chi connectivity index (χ3v) is 2.41. The molecule has 0 radical (unpaired) electrons. The Labute approximate surface area is 107 Å². The lowest BCUT2D eigenvalue weighted by Crippen LogP contribution is -2.39. The fraction of sp³-hybridized carbons (Fsp3) is 0.364. The number of hydrogen-bond acceptors (Lipinski definition) is 2. The predicted molar refractivity (Wildman–Crippen MR) is 62.2 cm³/mol. The lowest BCUT2D eigenvalue weighted by Gasteiger charge is -2.09. The molecule has 1 aromatic rings. The molecule has 1 rings (SSSR count). The second-order valence-corrected chi connectivity index (χ2v) is 3.99. The average molecular weight is 281 g/mol. The molecule has 0 fully saturated rings. The zero-order valence-corrected chi connectivity index (χ0v) is 10.1. The minimum Gasteiger partial charge on any atom is -0.346 e. The number of benzene rings is 1. The van der Waals surface area contributed by atoms with Gasteiger partial charge in [-0.15, -0.1) is 0 Å². The Morgan fingerprint density at radius 3 is 2.56 bits per heavy atom. The molecule has 0 heterocycles. The highest BCUT2D eigenvalue weighted by Gasteiger charge is 2.27. The number of amides is 1. The summed E-state index contributed by atoms with van der Waals surface area (Å²) < 4.78 is 35.4. The van der Waals surface area contributed by atoms with E-state index in [4.69, 9.17) is 11.6 Å². The monoisotopic (exact) mass is 280 g/mol. The normalized spacial score (nSPS) is 11.3. The first-order valence-corrected chi connectivity index (χ1v) is 5.54. The van der Waals surface area contributed by atoms with Crippen molar-refractivity contribution >= 4 is 17.5 Å². The summed E-state index contributed by atoms with van der Waals surface area (Å²) in [6.45, 7) is -1.19. The quantitative estimate of drug-likeness (QED) is 0.867. The summed E-state index contributed by atoms with van der Waals surface area (Å²) in [6, 6.07) is 7.01. The summed E-state index contributed by atoms with van der Waals surface area (Å²) >= 11 is 5.87. The zero-order chi connectivity index (χ0) is 13.6. The predicted octanol–water partition coefficient (Wildman–Crippen LogP) is 2.11. The number of nitrogens with one attached hydrogen (secondary N) is 2. The topological polar surface area (TPSA) is 41.1 Å². The minimum absolute atomic E-state index is 0.193. The van der Waals surface area contributed by atoms with Gasteiger partial charge in [0.1, 0.15) is 6.54 Å². The molecule has 0 atom stereocenters. The van der Waals surface area contributed by atoms with Crippen LogP contribution in [0.5, 0.6) is 0 Å². The van der Waals surface area contributed by atoms with Gasteiger partial charge in [0, 0.05) is 11.6 Å². The first-order chi connectivity index (χ1) is 8.38. The Morgan fingerprint density at radius 1 is 1.28 bits per heavy atom. The van der Waals surface area contributed by atoms with Crippen molar-refractivity contribution in [1.29, 1.82) is 0 Å². The first-order valence-electron chi connectivity index (χ1n) is 5.16. The third-order valence-electron chi connectivity index (χ3n) is 2.04. The van der Waals surface area contributed by atoms with Crippen molar-refractivity contribution in [3.63, 3.8) is 0 Å². The van der Waals surface area contributed by atoms with Gasteiger partial charge in [-0.1, -0.05) is 29.8 Å². The first kappa shape index (κ1) is 14.8. The standard InChI is InChI=1S/C11H12ClF3N2O/c12-9-4-2-1-3-8(9)5-16-6-10(18)17-7-11(13,14)15/h1-4,16H,5-7H2,(H,17,18). The number of hydrogen-bond donors (Lipinski definition) is 2. The second kappa shape index (κ2) is 6.61. The fourth-order valence-corrected chi connectivity index (χ4v) is 1.42. The molecule has 18 heavy (non-hydrogen) atoms. The molecule has 0 bridgehead atoms. The largest absolute Gasteiger partial charge is 0.405 e. The summed E-state index contributed by atoms with van der Waals surface area (Å²) in [6.07, 6.45) is -4.39. The van der Waals surface area contributed by atoms with Crippen molar-refractivity contribution in [2.75, 3.05) is 13.1 Å². The van der Waals surface area contributed by atoms with Crippen LogP contribution >= 0.6 is 11.6 Å².